The number of carbonyl (C=O) groups excluding carboxylic acids is 2. The molecule has 7 bridgehead atoms. The van der Waals surface area contributed by atoms with E-state index in [9.17, 15) is 24.9 Å². The second kappa shape index (κ2) is 10.9. The molecule has 12 heteroatoms. The van der Waals surface area contributed by atoms with E-state index in [4.69, 9.17) is 28.4 Å². The van der Waals surface area contributed by atoms with E-state index in [0.29, 0.717) is 25.1 Å². The third-order valence-corrected chi connectivity index (χ3v) is 13.2. The number of methoxy groups -OCH3 is 4. The van der Waals surface area contributed by atoms with Crippen LogP contribution in [0.3, 0.4) is 0 Å². The fraction of sp³-hybridized carbons (Fsp3) is 0.765. The summed E-state index contributed by atoms with van der Waals surface area (Å²) in [6.07, 6.45) is -5.49. The van der Waals surface area contributed by atoms with Crippen LogP contribution in [0.5, 0.6) is 0 Å². The van der Waals surface area contributed by atoms with Crippen LogP contribution in [0.2, 0.25) is 0 Å². The summed E-state index contributed by atoms with van der Waals surface area (Å²) in [4.78, 5) is 29.3. The lowest BCUT2D eigenvalue weighted by Gasteiger charge is -2.70. The van der Waals surface area contributed by atoms with Crippen molar-refractivity contribution in [2.45, 2.75) is 80.6 Å². The molecule has 0 amide bonds. The molecule has 1 saturated heterocycles. The monoisotopic (exact) mass is 645 g/mol. The lowest BCUT2D eigenvalue weighted by Crippen LogP contribution is -2.81. The summed E-state index contributed by atoms with van der Waals surface area (Å²) in [7, 11) is 6.27. The number of aliphatic hydroxyl groups excluding tert-OH is 2. The van der Waals surface area contributed by atoms with Gasteiger partial charge in [-0.1, -0.05) is 25.1 Å². The molecule has 6 aliphatic rings. The summed E-state index contributed by atoms with van der Waals surface area (Å²) in [5.41, 5.74) is -4.79. The molecular formula is C34H47NO11. The average molecular weight is 646 g/mol. The zero-order valence-corrected chi connectivity index (χ0v) is 27.3. The minimum Gasteiger partial charge on any atom is -0.455 e. The number of benzene rings is 1. The van der Waals surface area contributed by atoms with Crippen molar-refractivity contribution in [1.29, 1.82) is 0 Å². The number of piperidine rings is 1. The van der Waals surface area contributed by atoms with Crippen molar-refractivity contribution < 1.29 is 53.3 Å². The first-order chi connectivity index (χ1) is 22.0. The van der Waals surface area contributed by atoms with E-state index in [-0.39, 0.29) is 25.0 Å². The van der Waals surface area contributed by atoms with Gasteiger partial charge in [-0.3, -0.25) is 9.69 Å². The molecule has 12 nitrogen and oxygen atoms in total. The number of fused-ring (bicyclic) bond motifs is 2. The Morgan fingerprint density at radius 1 is 1.00 bits per heavy atom. The topological polar surface area (TPSA) is 153 Å². The first-order valence-electron chi connectivity index (χ1n) is 16.3. The van der Waals surface area contributed by atoms with Crippen LogP contribution in [0.1, 0.15) is 37.0 Å². The van der Waals surface area contributed by atoms with Crippen LogP contribution < -0.4 is 0 Å². The molecule has 7 rings (SSSR count). The van der Waals surface area contributed by atoms with Crippen molar-refractivity contribution in [3.63, 3.8) is 0 Å². The molecule has 1 aromatic carbocycles. The van der Waals surface area contributed by atoms with Crippen LogP contribution in [0.4, 0.5) is 0 Å². The van der Waals surface area contributed by atoms with Crippen molar-refractivity contribution in [1.82, 2.24) is 4.90 Å². The second-order valence-electron chi connectivity index (χ2n) is 14.4. The van der Waals surface area contributed by atoms with Gasteiger partial charge in [-0.25, -0.2) is 4.79 Å². The molecule has 0 aromatic heterocycles. The predicted octanol–water partition coefficient (Wildman–Crippen LogP) is 0.648. The van der Waals surface area contributed by atoms with Crippen molar-refractivity contribution in [2.24, 2.45) is 34.5 Å². The zero-order chi connectivity index (χ0) is 33.0. The van der Waals surface area contributed by atoms with E-state index in [0.717, 1.165) is 0 Å². The molecule has 0 radical (unpaired) electrons. The van der Waals surface area contributed by atoms with Crippen LogP contribution in [0.25, 0.3) is 0 Å². The first-order valence-corrected chi connectivity index (χ1v) is 16.3. The Labute approximate surface area is 269 Å². The molecule has 1 unspecified atom stereocenters. The van der Waals surface area contributed by atoms with Crippen LogP contribution in [-0.4, -0.2) is 134 Å². The first kappa shape index (κ1) is 32.4. The van der Waals surface area contributed by atoms with Crippen molar-refractivity contribution in [2.75, 3.05) is 48.1 Å². The summed E-state index contributed by atoms with van der Waals surface area (Å²) in [6, 6.07) is 8.18. The van der Waals surface area contributed by atoms with Crippen LogP contribution in [0, 0.1) is 34.5 Å². The molecule has 1 spiro atoms. The average Bonchev–Trinajstić information content (AvgIpc) is 3.41. The Bertz CT molecular complexity index is 1360. The molecular weight excluding hydrogens is 598 g/mol. The molecule has 5 saturated carbocycles. The van der Waals surface area contributed by atoms with Gasteiger partial charge in [0.15, 0.2) is 5.60 Å². The lowest BCUT2D eigenvalue weighted by atomic mass is 9.42. The summed E-state index contributed by atoms with van der Waals surface area (Å²) >= 11 is 0. The number of ether oxygens (including phenoxy) is 6. The maximum Gasteiger partial charge on any atom is 0.338 e. The van der Waals surface area contributed by atoms with Crippen LogP contribution in [0.15, 0.2) is 30.3 Å². The summed E-state index contributed by atoms with van der Waals surface area (Å²) in [5, 5.41) is 37.3. The van der Waals surface area contributed by atoms with Gasteiger partial charge < -0.3 is 43.7 Å². The highest BCUT2D eigenvalue weighted by Crippen LogP contribution is 2.80. The molecule has 1 heterocycles. The SMILES string of the molecule is CCN1C[C@]2(COC)[C@H](O)C[C@H](OC)[C@]34C1[C@@H]([C@H](OC)[C@H]23)[C@]1(OC(C)=O)[C@H]2[C@@H](OC(=O)c3ccccc3)[C@](O)(C[C@H]24)[C@@H](OC)[C@@H]1O. The van der Waals surface area contributed by atoms with Gasteiger partial charge in [0.25, 0.3) is 0 Å². The third-order valence-electron chi connectivity index (χ3n) is 13.2. The van der Waals surface area contributed by atoms with Gasteiger partial charge in [-0.05, 0) is 31.0 Å². The highest BCUT2D eigenvalue weighted by molar-refractivity contribution is 5.89. The van der Waals surface area contributed by atoms with Crippen molar-refractivity contribution >= 4 is 11.9 Å². The van der Waals surface area contributed by atoms with Gasteiger partial charge in [0.1, 0.15) is 23.9 Å². The summed E-state index contributed by atoms with van der Waals surface area (Å²) < 4.78 is 37.4. The van der Waals surface area contributed by atoms with Crippen LogP contribution >= 0.6 is 0 Å². The maximum atomic E-state index is 13.8. The molecule has 1 aliphatic heterocycles. The van der Waals surface area contributed by atoms with Crippen molar-refractivity contribution in [3.8, 4) is 0 Å². The Kier molecular flexibility index (Phi) is 7.69. The van der Waals surface area contributed by atoms with E-state index < -0.39 is 88.3 Å². The molecule has 6 fully saturated rings. The Balaban J connectivity index is 1.53. The standard InChI is InChI=1S/C34H47NO11/c1-7-35-15-31(16-41-3)20(37)13-21(42-4)33-19-14-32(40)28(45-30(39)18-11-9-8-10-12-18)22(19)34(46-17(2)36,27(38)29(32)44-6)23(26(33)35)24(43-5)25(31)33/h8-12,19-29,37-38,40H,7,13-16H2,1-6H3/t19-,20-,21+,22-,23-,24+,25-,26?,27+,28-,29+,31+,32-,33+,34-/m1/s1. The minimum atomic E-state index is -1.83. The van der Waals surface area contributed by atoms with Gasteiger partial charge in [0.05, 0.1) is 30.5 Å². The second-order valence-corrected chi connectivity index (χ2v) is 14.4. The number of rotatable bonds is 9. The van der Waals surface area contributed by atoms with Gasteiger partial charge in [0.2, 0.25) is 0 Å². The van der Waals surface area contributed by atoms with E-state index in [1.165, 1.54) is 14.0 Å². The fourth-order valence-electron chi connectivity index (χ4n) is 12.3. The number of likely N-dealkylation sites (tertiary alicyclic amines) is 1. The number of esters is 2. The van der Waals surface area contributed by atoms with Gasteiger partial charge in [0, 0.05) is 83.0 Å². The Morgan fingerprint density at radius 2 is 1.72 bits per heavy atom. The molecule has 5 aliphatic carbocycles. The number of nitrogens with zero attached hydrogens (tertiary/aromatic N) is 1. The van der Waals surface area contributed by atoms with Crippen LogP contribution in [-0.2, 0) is 33.2 Å². The quantitative estimate of drug-likeness (QED) is 0.323. The van der Waals surface area contributed by atoms with E-state index in [1.54, 1.807) is 51.7 Å². The Hall–Kier alpha value is -2.16. The Morgan fingerprint density at radius 3 is 2.30 bits per heavy atom. The van der Waals surface area contributed by atoms with Crippen molar-refractivity contribution in [3.05, 3.63) is 35.9 Å². The zero-order valence-electron chi connectivity index (χ0n) is 27.3. The smallest absolute Gasteiger partial charge is 0.338 e. The normalized spacial score (nSPS) is 49.9. The third kappa shape index (κ3) is 3.62. The van der Waals surface area contributed by atoms with E-state index in [1.807, 2.05) is 6.92 Å². The fourth-order valence-corrected chi connectivity index (χ4v) is 12.3. The summed E-state index contributed by atoms with van der Waals surface area (Å²) in [6.45, 7) is 4.68. The largest absolute Gasteiger partial charge is 0.455 e. The van der Waals surface area contributed by atoms with E-state index >= 15 is 0 Å². The number of hydrogen-bond acceptors (Lipinski definition) is 12. The molecule has 46 heavy (non-hydrogen) atoms. The molecule has 1 aromatic rings. The predicted molar refractivity (Wildman–Crippen MR) is 160 cm³/mol. The van der Waals surface area contributed by atoms with Gasteiger partial charge in [-0.15, -0.1) is 0 Å². The number of aliphatic hydroxyl groups is 3. The summed E-state index contributed by atoms with van der Waals surface area (Å²) in [5.74, 6) is -3.65. The highest BCUT2D eigenvalue weighted by Gasteiger charge is 2.92. The molecule has 15 atom stereocenters. The number of carbonyl (C=O) groups is 2. The molecule has 3 N–H and O–H groups in total. The highest BCUT2D eigenvalue weighted by atomic mass is 16.6. The minimum absolute atomic E-state index is 0.0791. The van der Waals surface area contributed by atoms with E-state index in [2.05, 4.69) is 4.90 Å². The van der Waals surface area contributed by atoms with Gasteiger partial charge >= 0.3 is 11.9 Å². The number of hydrogen-bond donors (Lipinski definition) is 3. The van der Waals surface area contributed by atoms with Gasteiger partial charge in [-0.2, -0.15) is 0 Å². The molecule has 254 valence electrons. The lowest BCUT2D eigenvalue weighted by molar-refractivity contribution is -0.322. The maximum absolute atomic E-state index is 13.8.